The van der Waals surface area contributed by atoms with Crippen LogP contribution in [0.2, 0.25) is 0 Å². The van der Waals surface area contributed by atoms with Gasteiger partial charge in [-0.25, -0.2) is 0 Å². The van der Waals surface area contributed by atoms with Gasteiger partial charge >= 0.3 is 0 Å². The molecule has 0 radical (unpaired) electrons. The van der Waals surface area contributed by atoms with Crippen LogP contribution < -0.4 is 0 Å². The smallest absolute Gasteiger partial charge is 0.0701 e. The summed E-state index contributed by atoms with van der Waals surface area (Å²) in [6.07, 6.45) is 6.71. The van der Waals surface area contributed by atoms with Gasteiger partial charge in [0.2, 0.25) is 0 Å². The third-order valence-corrected chi connectivity index (χ3v) is 6.83. The molecule has 5 atom stereocenters. The molecule has 0 aromatic rings. The highest BCUT2D eigenvalue weighted by atomic mass is 16.5. The molecule has 2 N–H and O–H groups in total. The molecule has 2 bridgehead atoms. The van der Waals surface area contributed by atoms with E-state index in [1.807, 2.05) is 0 Å². The Morgan fingerprint density at radius 3 is 2.60 bits per heavy atom. The Labute approximate surface area is 122 Å². The standard InChI is InChI=1S/C17H30O3/c1-15(2)10-14(20-9-8-18)17-7-5-13(19)16(3,11-17)6-4-12(15)17/h12-14,18-19H,4-11H2,1-3H3/t12-,13+,14-,16+,17-/m0/s1. The van der Waals surface area contributed by atoms with Gasteiger partial charge in [0.05, 0.1) is 25.4 Å². The summed E-state index contributed by atoms with van der Waals surface area (Å²) in [6.45, 7) is 7.60. The van der Waals surface area contributed by atoms with Gasteiger partial charge in [-0.05, 0) is 55.3 Å². The van der Waals surface area contributed by atoms with Crippen molar-refractivity contribution in [3.8, 4) is 0 Å². The first-order chi connectivity index (χ1) is 9.34. The summed E-state index contributed by atoms with van der Waals surface area (Å²) in [5.74, 6) is 0.708. The van der Waals surface area contributed by atoms with Crippen molar-refractivity contribution < 1.29 is 14.9 Å². The zero-order chi connectivity index (χ0) is 14.6. The van der Waals surface area contributed by atoms with Gasteiger partial charge in [0.1, 0.15) is 0 Å². The highest BCUT2D eigenvalue weighted by Gasteiger charge is 2.65. The van der Waals surface area contributed by atoms with E-state index in [-0.39, 0.29) is 29.6 Å². The summed E-state index contributed by atoms with van der Waals surface area (Å²) >= 11 is 0. The van der Waals surface area contributed by atoms with Crippen molar-refractivity contribution in [3.05, 3.63) is 0 Å². The van der Waals surface area contributed by atoms with Gasteiger partial charge in [-0.3, -0.25) is 0 Å². The van der Waals surface area contributed by atoms with Crippen LogP contribution in [0.5, 0.6) is 0 Å². The molecule has 0 unspecified atom stereocenters. The average Bonchev–Trinajstić information content (AvgIpc) is 2.59. The van der Waals surface area contributed by atoms with Crippen LogP contribution in [0.3, 0.4) is 0 Å². The summed E-state index contributed by atoms with van der Waals surface area (Å²) < 4.78 is 6.08. The summed E-state index contributed by atoms with van der Waals surface area (Å²) in [5, 5.41) is 19.5. The Balaban J connectivity index is 1.92. The number of aliphatic hydroxyl groups excluding tert-OH is 2. The molecule has 116 valence electrons. The van der Waals surface area contributed by atoms with Crippen molar-refractivity contribution in [3.63, 3.8) is 0 Å². The number of hydrogen-bond acceptors (Lipinski definition) is 3. The van der Waals surface area contributed by atoms with Crippen molar-refractivity contribution in [1.29, 1.82) is 0 Å². The lowest BCUT2D eigenvalue weighted by atomic mass is 9.49. The fourth-order valence-electron chi connectivity index (χ4n) is 5.94. The van der Waals surface area contributed by atoms with Gasteiger partial charge in [0.15, 0.2) is 0 Å². The third-order valence-electron chi connectivity index (χ3n) is 6.83. The molecule has 3 rings (SSSR count). The highest BCUT2D eigenvalue weighted by molar-refractivity contribution is 5.14. The molecule has 3 aliphatic carbocycles. The Morgan fingerprint density at radius 1 is 1.15 bits per heavy atom. The maximum Gasteiger partial charge on any atom is 0.0701 e. The lowest BCUT2D eigenvalue weighted by Gasteiger charge is -2.58. The van der Waals surface area contributed by atoms with Crippen molar-refractivity contribution in [2.75, 3.05) is 13.2 Å². The summed E-state index contributed by atoms with van der Waals surface area (Å²) in [4.78, 5) is 0. The van der Waals surface area contributed by atoms with E-state index in [1.165, 1.54) is 6.42 Å². The molecule has 0 aromatic carbocycles. The maximum atomic E-state index is 10.4. The van der Waals surface area contributed by atoms with Gasteiger partial charge in [-0.1, -0.05) is 20.8 Å². The average molecular weight is 282 g/mol. The molecule has 20 heavy (non-hydrogen) atoms. The first-order valence-corrected chi connectivity index (χ1v) is 8.25. The van der Waals surface area contributed by atoms with Gasteiger partial charge in [0, 0.05) is 5.41 Å². The van der Waals surface area contributed by atoms with E-state index in [0.717, 1.165) is 32.1 Å². The molecule has 3 heteroatoms. The number of fused-ring (bicyclic) bond motifs is 1. The molecule has 0 aliphatic heterocycles. The summed E-state index contributed by atoms with van der Waals surface area (Å²) in [5.41, 5.74) is 0.643. The molecule has 3 aliphatic rings. The van der Waals surface area contributed by atoms with Crippen LogP contribution in [-0.4, -0.2) is 35.6 Å². The van der Waals surface area contributed by atoms with E-state index in [4.69, 9.17) is 9.84 Å². The monoisotopic (exact) mass is 282 g/mol. The molecule has 0 saturated heterocycles. The molecular weight excluding hydrogens is 252 g/mol. The second-order valence-electron chi connectivity index (χ2n) is 8.49. The SMILES string of the molecule is CC1(C)C[C@H](OCCO)[C@]23CC[C@@H](O)[C@](C)(CC[C@@H]12)C3. The maximum absolute atomic E-state index is 10.4. The molecular formula is C17H30O3. The van der Waals surface area contributed by atoms with Crippen molar-refractivity contribution in [2.24, 2.45) is 22.2 Å². The van der Waals surface area contributed by atoms with E-state index in [2.05, 4.69) is 20.8 Å². The summed E-state index contributed by atoms with van der Waals surface area (Å²) in [7, 11) is 0. The quantitative estimate of drug-likeness (QED) is 0.837. The van der Waals surface area contributed by atoms with E-state index in [0.29, 0.717) is 17.9 Å². The number of ether oxygens (including phenoxy) is 1. The minimum Gasteiger partial charge on any atom is -0.394 e. The number of aliphatic hydroxyl groups is 2. The zero-order valence-electron chi connectivity index (χ0n) is 13.2. The third kappa shape index (κ3) is 1.97. The lowest BCUT2D eigenvalue weighted by Crippen LogP contribution is -2.54. The Bertz CT molecular complexity index is 380. The van der Waals surface area contributed by atoms with E-state index < -0.39 is 0 Å². The van der Waals surface area contributed by atoms with E-state index in [9.17, 15) is 5.11 Å². The minimum atomic E-state index is -0.142. The number of hydrogen-bond donors (Lipinski definition) is 2. The van der Waals surface area contributed by atoms with Gasteiger partial charge in [0.25, 0.3) is 0 Å². The molecule has 3 fully saturated rings. The summed E-state index contributed by atoms with van der Waals surface area (Å²) in [6, 6.07) is 0. The normalized spacial score (nSPS) is 50.0. The van der Waals surface area contributed by atoms with Crippen LogP contribution in [0.4, 0.5) is 0 Å². The van der Waals surface area contributed by atoms with Gasteiger partial charge in [-0.15, -0.1) is 0 Å². The fraction of sp³-hybridized carbons (Fsp3) is 1.00. The van der Waals surface area contributed by atoms with E-state index >= 15 is 0 Å². The van der Waals surface area contributed by atoms with Crippen LogP contribution in [0, 0.1) is 22.2 Å². The minimum absolute atomic E-state index is 0.0794. The molecule has 0 heterocycles. The lowest BCUT2D eigenvalue weighted by molar-refractivity contribution is -0.157. The van der Waals surface area contributed by atoms with E-state index in [1.54, 1.807) is 0 Å². The van der Waals surface area contributed by atoms with Crippen LogP contribution in [-0.2, 0) is 4.74 Å². The van der Waals surface area contributed by atoms with Crippen molar-refractivity contribution in [1.82, 2.24) is 0 Å². The predicted octanol–water partition coefficient (Wildman–Crippen LogP) is 2.74. The Morgan fingerprint density at radius 2 is 1.90 bits per heavy atom. The largest absolute Gasteiger partial charge is 0.394 e. The molecule has 3 saturated carbocycles. The first-order valence-electron chi connectivity index (χ1n) is 8.25. The first kappa shape index (κ1) is 14.8. The number of rotatable bonds is 3. The second kappa shape index (κ2) is 4.69. The van der Waals surface area contributed by atoms with Crippen molar-refractivity contribution >= 4 is 0 Å². The van der Waals surface area contributed by atoms with Crippen LogP contribution in [0.1, 0.15) is 59.3 Å². The van der Waals surface area contributed by atoms with Gasteiger partial charge in [-0.2, -0.15) is 0 Å². The van der Waals surface area contributed by atoms with Crippen LogP contribution in [0.25, 0.3) is 0 Å². The highest BCUT2D eigenvalue weighted by Crippen LogP contribution is 2.69. The molecule has 0 amide bonds. The Kier molecular flexibility index (Phi) is 3.47. The predicted molar refractivity (Wildman–Crippen MR) is 78.3 cm³/mol. The fourth-order valence-corrected chi connectivity index (χ4v) is 5.94. The van der Waals surface area contributed by atoms with Crippen LogP contribution >= 0.6 is 0 Å². The second-order valence-corrected chi connectivity index (χ2v) is 8.49. The molecule has 0 aromatic heterocycles. The van der Waals surface area contributed by atoms with Crippen molar-refractivity contribution in [2.45, 2.75) is 71.5 Å². The molecule has 3 nitrogen and oxygen atoms in total. The Hall–Kier alpha value is -0.120. The topological polar surface area (TPSA) is 49.7 Å². The molecule has 1 spiro atoms. The van der Waals surface area contributed by atoms with Crippen LogP contribution in [0.15, 0.2) is 0 Å². The zero-order valence-corrected chi connectivity index (χ0v) is 13.2. The van der Waals surface area contributed by atoms with Gasteiger partial charge < -0.3 is 14.9 Å².